The number of carbonyl (C=O) groups excluding carboxylic acids is 1. The SMILES string of the molecule is C[Si](C)(C)C#Cc1cccc2c1C(=O)NC2. The minimum absolute atomic E-state index is 0.00970. The van der Waals surface area contributed by atoms with Crippen molar-refractivity contribution >= 4 is 14.0 Å². The Labute approximate surface area is 97.1 Å². The zero-order chi connectivity index (χ0) is 11.8. The summed E-state index contributed by atoms with van der Waals surface area (Å²) in [5.74, 6) is 3.18. The highest BCUT2D eigenvalue weighted by atomic mass is 28.3. The molecule has 1 heterocycles. The Bertz CT molecular complexity index is 503. The predicted molar refractivity (Wildman–Crippen MR) is 67.8 cm³/mol. The van der Waals surface area contributed by atoms with Crippen molar-refractivity contribution in [1.82, 2.24) is 5.32 Å². The molecule has 0 saturated heterocycles. The van der Waals surface area contributed by atoms with E-state index in [1.165, 1.54) is 0 Å². The van der Waals surface area contributed by atoms with Gasteiger partial charge in [0.25, 0.3) is 5.91 Å². The van der Waals surface area contributed by atoms with Gasteiger partial charge in [0.2, 0.25) is 0 Å². The van der Waals surface area contributed by atoms with Crippen LogP contribution in [-0.4, -0.2) is 14.0 Å². The molecule has 2 nitrogen and oxygen atoms in total. The van der Waals surface area contributed by atoms with Crippen molar-refractivity contribution in [2.24, 2.45) is 0 Å². The molecule has 0 saturated carbocycles. The second-order valence-electron chi connectivity index (χ2n) is 5.02. The lowest BCUT2D eigenvalue weighted by Gasteiger charge is -2.04. The van der Waals surface area contributed by atoms with Crippen molar-refractivity contribution < 1.29 is 4.79 Å². The summed E-state index contributed by atoms with van der Waals surface area (Å²) in [6, 6.07) is 5.87. The van der Waals surface area contributed by atoms with E-state index in [-0.39, 0.29) is 5.91 Å². The van der Waals surface area contributed by atoms with Gasteiger partial charge in [0.1, 0.15) is 8.07 Å². The smallest absolute Gasteiger partial charge is 0.253 e. The molecule has 0 aliphatic carbocycles. The van der Waals surface area contributed by atoms with Crippen LogP contribution < -0.4 is 5.32 Å². The van der Waals surface area contributed by atoms with Crippen LogP contribution in [0.15, 0.2) is 18.2 Å². The summed E-state index contributed by atoms with van der Waals surface area (Å²) in [6.07, 6.45) is 0. The summed E-state index contributed by atoms with van der Waals surface area (Å²) >= 11 is 0. The maximum absolute atomic E-state index is 11.6. The van der Waals surface area contributed by atoms with Crippen LogP contribution in [0.2, 0.25) is 19.6 Å². The van der Waals surface area contributed by atoms with Gasteiger partial charge in [-0.1, -0.05) is 37.7 Å². The predicted octanol–water partition coefficient (Wildman–Crippen LogP) is 2.16. The number of fused-ring (bicyclic) bond motifs is 1. The lowest BCUT2D eigenvalue weighted by atomic mass is 10.0. The van der Waals surface area contributed by atoms with Crippen molar-refractivity contribution in [3.05, 3.63) is 34.9 Å². The zero-order valence-electron chi connectivity index (χ0n) is 9.85. The molecule has 0 spiro atoms. The molecule has 82 valence electrons. The molecule has 1 aromatic rings. The molecule has 0 radical (unpaired) electrons. The number of benzene rings is 1. The summed E-state index contributed by atoms with van der Waals surface area (Å²) in [6.45, 7) is 7.23. The molecular formula is C13H15NOSi. The van der Waals surface area contributed by atoms with E-state index in [1.54, 1.807) is 0 Å². The summed E-state index contributed by atoms with van der Waals surface area (Å²) < 4.78 is 0. The molecular weight excluding hydrogens is 214 g/mol. The number of carbonyl (C=O) groups is 1. The molecule has 2 rings (SSSR count). The van der Waals surface area contributed by atoms with Crippen LogP contribution in [0.1, 0.15) is 21.5 Å². The van der Waals surface area contributed by atoms with Crippen molar-refractivity contribution in [3.8, 4) is 11.5 Å². The fourth-order valence-corrected chi connectivity index (χ4v) is 2.15. The molecule has 1 N–H and O–H groups in total. The number of hydrogen-bond donors (Lipinski definition) is 1. The van der Waals surface area contributed by atoms with Crippen LogP contribution in [0.5, 0.6) is 0 Å². The lowest BCUT2D eigenvalue weighted by molar-refractivity contribution is 0.0965. The van der Waals surface area contributed by atoms with Gasteiger partial charge < -0.3 is 5.32 Å². The molecule has 1 aliphatic rings. The Hall–Kier alpha value is -1.53. The van der Waals surface area contributed by atoms with Crippen LogP contribution in [0.4, 0.5) is 0 Å². The lowest BCUT2D eigenvalue weighted by Crippen LogP contribution is -2.17. The highest BCUT2D eigenvalue weighted by Crippen LogP contribution is 2.19. The van der Waals surface area contributed by atoms with Crippen LogP contribution in [0.3, 0.4) is 0 Å². The van der Waals surface area contributed by atoms with E-state index in [1.807, 2.05) is 18.2 Å². The third-order valence-electron chi connectivity index (χ3n) is 2.39. The third kappa shape index (κ3) is 2.17. The standard InChI is InChI=1S/C13H15NOSi/c1-16(2,3)8-7-10-5-4-6-11-9-14-13(15)12(10)11/h4-6H,9H2,1-3H3,(H,14,15). The zero-order valence-corrected chi connectivity index (χ0v) is 10.8. The van der Waals surface area contributed by atoms with Gasteiger partial charge in [-0.05, 0) is 11.6 Å². The maximum atomic E-state index is 11.6. The van der Waals surface area contributed by atoms with Gasteiger partial charge in [-0.25, -0.2) is 0 Å². The number of hydrogen-bond acceptors (Lipinski definition) is 1. The first-order valence-corrected chi connectivity index (χ1v) is 8.91. The minimum atomic E-state index is -1.39. The van der Waals surface area contributed by atoms with Crippen molar-refractivity contribution in [2.75, 3.05) is 0 Å². The first-order valence-electron chi connectivity index (χ1n) is 5.41. The van der Waals surface area contributed by atoms with E-state index in [0.717, 1.165) is 16.7 Å². The van der Waals surface area contributed by atoms with E-state index >= 15 is 0 Å². The number of amides is 1. The van der Waals surface area contributed by atoms with Gasteiger partial charge >= 0.3 is 0 Å². The average molecular weight is 229 g/mol. The molecule has 0 aromatic heterocycles. The topological polar surface area (TPSA) is 29.1 Å². The number of rotatable bonds is 0. The molecule has 1 aliphatic heterocycles. The van der Waals surface area contributed by atoms with E-state index in [9.17, 15) is 4.79 Å². The van der Waals surface area contributed by atoms with Crippen LogP contribution in [-0.2, 0) is 6.54 Å². The third-order valence-corrected chi connectivity index (χ3v) is 3.26. The van der Waals surface area contributed by atoms with Crippen LogP contribution in [0.25, 0.3) is 0 Å². The normalized spacial score (nSPS) is 13.8. The minimum Gasteiger partial charge on any atom is -0.348 e. The van der Waals surface area contributed by atoms with Gasteiger partial charge in [0.05, 0.1) is 5.56 Å². The molecule has 0 fully saturated rings. The molecule has 1 amide bonds. The highest BCUT2D eigenvalue weighted by Gasteiger charge is 2.21. The fraction of sp³-hybridized carbons (Fsp3) is 0.308. The summed E-state index contributed by atoms with van der Waals surface area (Å²) in [5.41, 5.74) is 6.00. The van der Waals surface area contributed by atoms with Crippen LogP contribution in [0, 0.1) is 11.5 Å². The Kier molecular flexibility index (Phi) is 2.61. The molecule has 0 unspecified atom stereocenters. The van der Waals surface area contributed by atoms with Gasteiger partial charge in [-0.15, -0.1) is 5.54 Å². The Balaban J connectivity index is 2.47. The van der Waals surface area contributed by atoms with E-state index in [4.69, 9.17) is 0 Å². The van der Waals surface area contributed by atoms with Crippen molar-refractivity contribution in [1.29, 1.82) is 0 Å². The monoisotopic (exact) mass is 229 g/mol. The quantitative estimate of drug-likeness (QED) is 0.536. The Morgan fingerprint density at radius 1 is 1.31 bits per heavy atom. The summed E-state index contributed by atoms with van der Waals surface area (Å²) in [5, 5.41) is 2.83. The molecule has 1 aromatic carbocycles. The first kappa shape index (κ1) is 11.0. The average Bonchev–Trinajstić information content (AvgIpc) is 2.57. The van der Waals surface area contributed by atoms with Crippen LogP contribution >= 0.6 is 0 Å². The molecule has 0 bridgehead atoms. The second-order valence-corrected chi connectivity index (χ2v) is 9.77. The van der Waals surface area contributed by atoms with Gasteiger partial charge in [0, 0.05) is 12.1 Å². The van der Waals surface area contributed by atoms with Crippen molar-refractivity contribution in [2.45, 2.75) is 26.2 Å². The summed E-state index contributed by atoms with van der Waals surface area (Å²) in [7, 11) is -1.39. The van der Waals surface area contributed by atoms with Crippen molar-refractivity contribution in [3.63, 3.8) is 0 Å². The largest absolute Gasteiger partial charge is 0.348 e. The fourth-order valence-electron chi connectivity index (χ4n) is 1.64. The first-order chi connectivity index (χ1) is 7.47. The van der Waals surface area contributed by atoms with E-state index in [2.05, 4.69) is 36.4 Å². The molecule has 0 atom stereocenters. The Morgan fingerprint density at radius 2 is 2.06 bits per heavy atom. The van der Waals surface area contributed by atoms with E-state index in [0.29, 0.717) is 6.54 Å². The van der Waals surface area contributed by atoms with Gasteiger partial charge in [-0.2, -0.15) is 0 Å². The molecule has 16 heavy (non-hydrogen) atoms. The highest BCUT2D eigenvalue weighted by molar-refractivity contribution is 6.83. The molecule has 3 heteroatoms. The van der Waals surface area contributed by atoms with Gasteiger partial charge in [-0.3, -0.25) is 4.79 Å². The Morgan fingerprint density at radius 3 is 2.75 bits per heavy atom. The maximum Gasteiger partial charge on any atom is 0.253 e. The van der Waals surface area contributed by atoms with Gasteiger partial charge in [0.15, 0.2) is 0 Å². The number of nitrogens with one attached hydrogen (secondary N) is 1. The van der Waals surface area contributed by atoms with E-state index < -0.39 is 8.07 Å². The summed E-state index contributed by atoms with van der Waals surface area (Å²) in [4.78, 5) is 11.6. The second kappa shape index (κ2) is 3.80.